The minimum absolute atomic E-state index is 0.0596. The summed E-state index contributed by atoms with van der Waals surface area (Å²) < 4.78 is 32.9. The maximum Gasteiger partial charge on any atom is 0.243 e. The molecule has 0 saturated heterocycles. The van der Waals surface area contributed by atoms with Gasteiger partial charge in [0.05, 0.1) is 19.1 Å². The lowest BCUT2D eigenvalue weighted by Gasteiger charge is -2.32. The Bertz CT molecular complexity index is 1380. The molecule has 0 aliphatic rings. The molecule has 8 nitrogen and oxygen atoms in total. The van der Waals surface area contributed by atoms with Crippen molar-refractivity contribution in [3.05, 3.63) is 94.5 Å². The van der Waals surface area contributed by atoms with Gasteiger partial charge in [0.15, 0.2) is 0 Å². The van der Waals surface area contributed by atoms with Crippen molar-refractivity contribution in [2.24, 2.45) is 0 Å². The Labute approximate surface area is 251 Å². The molecule has 3 aromatic rings. The van der Waals surface area contributed by atoms with Crippen LogP contribution in [0.4, 0.5) is 5.69 Å². The van der Waals surface area contributed by atoms with E-state index in [9.17, 15) is 18.0 Å². The van der Waals surface area contributed by atoms with E-state index in [1.807, 2.05) is 61.5 Å². The van der Waals surface area contributed by atoms with Crippen LogP contribution in [0.15, 0.2) is 83.3 Å². The summed E-state index contributed by atoms with van der Waals surface area (Å²) in [5, 5.41) is 2.97. The number of benzene rings is 3. The number of hydrogen-bond donors (Lipinski definition) is 1. The van der Waals surface area contributed by atoms with Crippen LogP contribution in [0, 0.1) is 0 Å². The zero-order valence-electron chi connectivity index (χ0n) is 23.8. The Balaban J connectivity index is 1.88. The lowest BCUT2D eigenvalue weighted by atomic mass is 10.0. The van der Waals surface area contributed by atoms with Crippen molar-refractivity contribution in [1.82, 2.24) is 10.2 Å². The highest BCUT2D eigenvalue weighted by atomic mass is 79.9. The third-order valence-corrected chi connectivity index (χ3v) is 8.30. The Kier molecular flexibility index (Phi) is 12.2. The molecule has 10 heteroatoms. The van der Waals surface area contributed by atoms with Crippen LogP contribution < -0.4 is 14.4 Å². The molecule has 0 heterocycles. The summed E-state index contributed by atoms with van der Waals surface area (Å²) in [6.07, 6.45) is 2.58. The summed E-state index contributed by atoms with van der Waals surface area (Å²) in [6, 6.07) is 23.4. The van der Waals surface area contributed by atoms with Gasteiger partial charge in [-0.3, -0.25) is 13.9 Å². The summed E-state index contributed by atoms with van der Waals surface area (Å²) in [5.41, 5.74) is 2.24. The van der Waals surface area contributed by atoms with Gasteiger partial charge in [-0.2, -0.15) is 0 Å². The van der Waals surface area contributed by atoms with Gasteiger partial charge in [-0.1, -0.05) is 77.5 Å². The minimum atomic E-state index is -3.64. The number of carbonyl (C=O) groups excluding carboxylic acids is 2. The number of methoxy groups -OCH3 is 1. The standard InChI is InChI=1S/C31H38BrN3O5S/c1-4-20-33-31(37)28(22-24-11-6-5-7-12-24)34(23-25-16-18-26(32)19-17-25)30(36)15-10-21-35(41(3,38)39)27-13-8-9-14-29(27)40-2/h5-9,11-14,16-19,28H,4,10,15,20-23H2,1-3H3,(H,33,37)/t28-/m1/s1. The Hall–Kier alpha value is -3.37. The second-order valence-electron chi connectivity index (χ2n) is 9.76. The van der Waals surface area contributed by atoms with E-state index in [-0.39, 0.29) is 37.7 Å². The van der Waals surface area contributed by atoms with E-state index >= 15 is 0 Å². The molecule has 0 aliphatic carbocycles. The van der Waals surface area contributed by atoms with Crippen molar-refractivity contribution in [2.75, 3.05) is 30.8 Å². The van der Waals surface area contributed by atoms with Gasteiger partial charge in [-0.15, -0.1) is 0 Å². The first-order valence-corrected chi connectivity index (χ1v) is 16.2. The van der Waals surface area contributed by atoms with Crippen molar-refractivity contribution in [3.8, 4) is 5.75 Å². The molecule has 0 aromatic heterocycles. The van der Waals surface area contributed by atoms with Gasteiger partial charge < -0.3 is 15.0 Å². The molecule has 0 aliphatic heterocycles. The highest BCUT2D eigenvalue weighted by Gasteiger charge is 2.30. The van der Waals surface area contributed by atoms with Crippen LogP contribution in [-0.2, 0) is 32.6 Å². The summed E-state index contributed by atoms with van der Waals surface area (Å²) in [4.78, 5) is 28.9. The maximum absolute atomic E-state index is 13.9. The Morgan fingerprint density at radius 3 is 2.24 bits per heavy atom. The number of rotatable bonds is 15. The van der Waals surface area contributed by atoms with Crippen molar-refractivity contribution >= 4 is 43.5 Å². The molecule has 0 bridgehead atoms. The van der Waals surface area contributed by atoms with Crippen molar-refractivity contribution < 1.29 is 22.7 Å². The van der Waals surface area contributed by atoms with Crippen molar-refractivity contribution in [2.45, 2.75) is 45.2 Å². The molecule has 0 spiro atoms. The van der Waals surface area contributed by atoms with Crippen LogP contribution in [-0.4, -0.2) is 57.6 Å². The average molecular weight is 645 g/mol. The van der Waals surface area contributed by atoms with Crippen LogP contribution in [0.3, 0.4) is 0 Å². The summed E-state index contributed by atoms with van der Waals surface area (Å²) in [5.74, 6) is -0.0152. The predicted molar refractivity (Wildman–Crippen MR) is 166 cm³/mol. The SMILES string of the molecule is CCCNC(=O)[C@@H](Cc1ccccc1)N(Cc1ccc(Br)cc1)C(=O)CCCN(c1ccccc1OC)S(C)(=O)=O. The van der Waals surface area contributed by atoms with E-state index < -0.39 is 16.1 Å². The summed E-state index contributed by atoms with van der Waals surface area (Å²) in [7, 11) is -2.16. The zero-order chi connectivity index (χ0) is 29.8. The van der Waals surface area contributed by atoms with Gasteiger partial charge in [0.1, 0.15) is 11.8 Å². The molecule has 3 aromatic carbocycles. The second-order valence-corrected chi connectivity index (χ2v) is 12.6. The number of para-hydroxylation sites is 2. The van der Waals surface area contributed by atoms with Crippen LogP contribution in [0.5, 0.6) is 5.75 Å². The van der Waals surface area contributed by atoms with Crippen molar-refractivity contribution in [1.29, 1.82) is 0 Å². The Morgan fingerprint density at radius 1 is 0.951 bits per heavy atom. The quantitative estimate of drug-likeness (QED) is 0.247. The molecule has 1 N–H and O–H groups in total. The molecule has 0 fully saturated rings. The first-order chi connectivity index (χ1) is 19.6. The summed E-state index contributed by atoms with van der Waals surface area (Å²) >= 11 is 3.45. The predicted octanol–water partition coefficient (Wildman–Crippen LogP) is 5.17. The van der Waals surface area contributed by atoms with E-state index in [0.717, 1.165) is 28.3 Å². The molecule has 1 atom stereocenters. The lowest BCUT2D eigenvalue weighted by molar-refractivity contribution is -0.141. The van der Waals surface area contributed by atoms with Gasteiger partial charge in [-0.05, 0) is 48.2 Å². The lowest BCUT2D eigenvalue weighted by Crippen LogP contribution is -2.50. The smallest absolute Gasteiger partial charge is 0.243 e. The number of carbonyl (C=O) groups is 2. The molecule has 41 heavy (non-hydrogen) atoms. The Morgan fingerprint density at radius 2 is 1.61 bits per heavy atom. The highest BCUT2D eigenvalue weighted by Crippen LogP contribution is 2.30. The number of ether oxygens (including phenoxy) is 1. The topological polar surface area (TPSA) is 96.0 Å². The number of halogens is 1. The normalized spacial score (nSPS) is 11.9. The molecule has 220 valence electrons. The molecule has 0 saturated carbocycles. The van der Waals surface area contributed by atoms with E-state index in [4.69, 9.17) is 4.74 Å². The molecule has 0 unspecified atom stereocenters. The zero-order valence-corrected chi connectivity index (χ0v) is 26.2. The van der Waals surface area contributed by atoms with Gasteiger partial charge in [0.25, 0.3) is 0 Å². The monoisotopic (exact) mass is 643 g/mol. The number of nitrogens with one attached hydrogen (secondary N) is 1. The van der Waals surface area contributed by atoms with Crippen molar-refractivity contribution in [3.63, 3.8) is 0 Å². The third kappa shape index (κ3) is 9.60. The average Bonchev–Trinajstić information content (AvgIpc) is 2.96. The van der Waals surface area contributed by atoms with E-state index in [2.05, 4.69) is 21.2 Å². The van der Waals surface area contributed by atoms with E-state index in [1.165, 1.54) is 11.4 Å². The van der Waals surface area contributed by atoms with Gasteiger partial charge in [0.2, 0.25) is 21.8 Å². The number of hydrogen-bond acceptors (Lipinski definition) is 5. The van der Waals surface area contributed by atoms with Crippen LogP contribution in [0.1, 0.15) is 37.3 Å². The number of nitrogens with zero attached hydrogens (tertiary/aromatic N) is 2. The molecule has 0 radical (unpaired) electrons. The second kappa shape index (κ2) is 15.6. The first kappa shape index (κ1) is 32.1. The summed E-state index contributed by atoms with van der Waals surface area (Å²) in [6.45, 7) is 2.81. The van der Waals surface area contributed by atoms with E-state index in [0.29, 0.717) is 24.4 Å². The molecule has 2 amide bonds. The fourth-order valence-corrected chi connectivity index (χ4v) is 5.76. The fraction of sp³-hybridized carbons (Fsp3) is 0.355. The molecule has 3 rings (SSSR count). The van der Waals surface area contributed by atoms with Crippen LogP contribution >= 0.6 is 15.9 Å². The molecular weight excluding hydrogens is 606 g/mol. The molecular formula is C31H38BrN3O5S. The fourth-order valence-electron chi connectivity index (χ4n) is 4.52. The maximum atomic E-state index is 13.9. The van der Waals surface area contributed by atoms with Gasteiger partial charge >= 0.3 is 0 Å². The third-order valence-electron chi connectivity index (χ3n) is 6.59. The number of sulfonamides is 1. The minimum Gasteiger partial charge on any atom is -0.495 e. The number of amides is 2. The first-order valence-electron chi connectivity index (χ1n) is 13.6. The largest absolute Gasteiger partial charge is 0.495 e. The van der Waals surface area contributed by atoms with Gasteiger partial charge in [0, 0.05) is 36.9 Å². The van der Waals surface area contributed by atoms with Gasteiger partial charge in [-0.25, -0.2) is 8.42 Å². The number of anilines is 1. The van der Waals surface area contributed by atoms with E-state index in [1.54, 1.807) is 29.2 Å². The van der Waals surface area contributed by atoms with Crippen LogP contribution in [0.25, 0.3) is 0 Å². The highest BCUT2D eigenvalue weighted by molar-refractivity contribution is 9.10. The van der Waals surface area contributed by atoms with Crippen LogP contribution in [0.2, 0.25) is 0 Å².